The normalized spacial score (nSPS) is 19.8. The third kappa shape index (κ3) is 3.41. The first-order valence-electron chi connectivity index (χ1n) is 9.95. The van der Waals surface area contributed by atoms with Crippen molar-refractivity contribution in [1.82, 2.24) is 10.2 Å². The molecular formula is C20H20B2N2O6. The SMILES string of the molecule is O=C(N[C@@H]1CCN(C(=O)c2ccc3c(c2)B(O)OC3)C1)c1ccc2c(c1)B(O)OC2. The second kappa shape index (κ2) is 7.55. The molecule has 0 aliphatic carbocycles. The first kappa shape index (κ1) is 19.3. The molecule has 3 aliphatic rings. The number of nitrogens with zero attached hydrogens (tertiary/aromatic N) is 1. The van der Waals surface area contributed by atoms with E-state index < -0.39 is 14.2 Å². The lowest BCUT2D eigenvalue weighted by atomic mass is 9.78. The van der Waals surface area contributed by atoms with Crippen LogP contribution in [-0.4, -0.2) is 60.1 Å². The van der Waals surface area contributed by atoms with Gasteiger partial charge in [-0.3, -0.25) is 9.59 Å². The summed E-state index contributed by atoms with van der Waals surface area (Å²) in [5, 5.41) is 22.7. The van der Waals surface area contributed by atoms with Gasteiger partial charge >= 0.3 is 14.2 Å². The van der Waals surface area contributed by atoms with Gasteiger partial charge in [0.15, 0.2) is 0 Å². The fraction of sp³-hybridized carbons (Fsp3) is 0.300. The first-order valence-corrected chi connectivity index (χ1v) is 9.95. The summed E-state index contributed by atoms with van der Waals surface area (Å²) in [4.78, 5) is 27.2. The lowest BCUT2D eigenvalue weighted by molar-refractivity contribution is 0.0783. The number of likely N-dealkylation sites (tertiary alicyclic amines) is 1. The number of carbonyl (C=O) groups is 2. The largest absolute Gasteiger partial charge is 0.491 e. The smallest absolute Gasteiger partial charge is 0.423 e. The summed E-state index contributed by atoms with van der Waals surface area (Å²) >= 11 is 0. The average Bonchev–Trinajstić information content (AvgIpc) is 3.47. The van der Waals surface area contributed by atoms with E-state index in [1.165, 1.54) is 0 Å². The van der Waals surface area contributed by atoms with E-state index in [9.17, 15) is 19.6 Å². The molecule has 0 spiro atoms. The van der Waals surface area contributed by atoms with Crippen LogP contribution in [0.25, 0.3) is 0 Å². The molecule has 3 aliphatic heterocycles. The molecule has 1 atom stereocenters. The molecule has 0 saturated carbocycles. The Bertz CT molecular complexity index is 1030. The Hall–Kier alpha value is -2.65. The molecule has 3 heterocycles. The summed E-state index contributed by atoms with van der Waals surface area (Å²) in [5.74, 6) is -0.375. The van der Waals surface area contributed by atoms with Crippen molar-refractivity contribution in [2.75, 3.05) is 13.1 Å². The van der Waals surface area contributed by atoms with E-state index in [0.29, 0.717) is 54.8 Å². The molecule has 1 fully saturated rings. The third-order valence-corrected chi connectivity index (χ3v) is 5.94. The van der Waals surface area contributed by atoms with E-state index in [1.54, 1.807) is 41.3 Å². The molecule has 0 unspecified atom stereocenters. The minimum Gasteiger partial charge on any atom is -0.423 e. The Balaban J connectivity index is 1.23. The number of benzene rings is 2. The molecule has 152 valence electrons. The van der Waals surface area contributed by atoms with Gasteiger partial charge in [-0.25, -0.2) is 0 Å². The van der Waals surface area contributed by atoms with Crippen LogP contribution in [0.5, 0.6) is 0 Å². The quantitative estimate of drug-likeness (QED) is 0.551. The Morgan fingerprint density at radius 3 is 2.23 bits per heavy atom. The van der Waals surface area contributed by atoms with Crippen LogP contribution >= 0.6 is 0 Å². The molecule has 2 aromatic rings. The molecule has 0 radical (unpaired) electrons. The van der Waals surface area contributed by atoms with Crippen LogP contribution in [0.4, 0.5) is 0 Å². The van der Waals surface area contributed by atoms with E-state index in [0.717, 1.165) is 11.1 Å². The monoisotopic (exact) mass is 406 g/mol. The van der Waals surface area contributed by atoms with Gasteiger partial charge in [-0.2, -0.15) is 0 Å². The number of rotatable bonds is 3. The van der Waals surface area contributed by atoms with Crippen molar-refractivity contribution in [2.45, 2.75) is 25.7 Å². The number of hydrogen-bond acceptors (Lipinski definition) is 6. The van der Waals surface area contributed by atoms with E-state index in [-0.39, 0.29) is 17.9 Å². The second-order valence-corrected chi connectivity index (χ2v) is 7.86. The lowest BCUT2D eigenvalue weighted by Gasteiger charge is -2.18. The minimum atomic E-state index is -0.997. The van der Waals surface area contributed by atoms with Crippen LogP contribution < -0.4 is 16.2 Å². The van der Waals surface area contributed by atoms with Crippen molar-refractivity contribution in [3.05, 3.63) is 58.7 Å². The zero-order chi connectivity index (χ0) is 20.8. The molecular weight excluding hydrogens is 386 g/mol. The van der Waals surface area contributed by atoms with Gasteiger partial charge in [0.1, 0.15) is 0 Å². The number of nitrogens with one attached hydrogen (secondary N) is 1. The van der Waals surface area contributed by atoms with Crippen molar-refractivity contribution in [3.8, 4) is 0 Å². The fourth-order valence-corrected chi connectivity index (χ4v) is 4.22. The molecule has 2 amide bonds. The maximum atomic E-state index is 12.9. The number of fused-ring (bicyclic) bond motifs is 2. The van der Waals surface area contributed by atoms with Gasteiger partial charge < -0.3 is 29.6 Å². The zero-order valence-corrected chi connectivity index (χ0v) is 16.2. The predicted molar refractivity (Wildman–Crippen MR) is 109 cm³/mol. The summed E-state index contributed by atoms with van der Waals surface area (Å²) in [5.41, 5.74) is 3.96. The van der Waals surface area contributed by atoms with Gasteiger partial charge in [-0.1, -0.05) is 12.1 Å². The van der Waals surface area contributed by atoms with Crippen LogP contribution in [0.3, 0.4) is 0 Å². The molecule has 30 heavy (non-hydrogen) atoms. The summed E-state index contributed by atoms with van der Waals surface area (Å²) < 4.78 is 10.3. The average molecular weight is 406 g/mol. The number of hydrogen-bond donors (Lipinski definition) is 3. The van der Waals surface area contributed by atoms with Gasteiger partial charge in [-0.05, 0) is 52.7 Å². The molecule has 8 nitrogen and oxygen atoms in total. The van der Waals surface area contributed by atoms with Crippen molar-refractivity contribution in [2.24, 2.45) is 0 Å². The number of amides is 2. The van der Waals surface area contributed by atoms with E-state index in [2.05, 4.69) is 5.32 Å². The van der Waals surface area contributed by atoms with Gasteiger partial charge in [-0.15, -0.1) is 0 Å². The number of carbonyl (C=O) groups excluding carboxylic acids is 2. The maximum absolute atomic E-state index is 12.9. The van der Waals surface area contributed by atoms with E-state index in [1.807, 2.05) is 0 Å². The minimum absolute atomic E-state index is 0.133. The molecule has 1 saturated heterocycles. The Kier molecular flexibility index (Phi) is 4.86. The summed E-state index contributed by atoms with van der Waals surface area (Å²) in [6.07, 6.45) is 0.658. The van der Waals surface area contributed by atoms with E-state index in [4.69, 9.17) is 9.31 Å². The van der Waals surface area contributed by atoms with Crippen LogP contribution in [0.1, 0.15) is 38.3 Å². The fourth-order valence-electron chi connectivity index (χ4n) is 4.22. The Morgan fingerprint density at radius 2 is 1.57 bits per heavy atom. The highest BCUT2D eigenvalue weighted by Gasteiger charge is 2.32. The van der Waals surface area contributed by atoms with Crippen LogP contribution in [0, 0.1) is 0 Å². The Labute approximate surface area is 174 Å². The highest BCUT2D eigenvalue weighted by atomic mass is 16.5. The molecule has 2 aromatic carbocycles. The second-order valence-electron chi connectivity index (χ2n) is 7.86. The summed E-state index contributed by atoms with van der Waals surface area (Å²) in [6, 6.07) is 10.2. The van der Waals surface area contributed by atoms with Gasteiger partial charge in [0.05, 0.1) is 13.2 Å². The molecule has 0 bridgehead atoms. The van der Waals surface area contributed by atoms with Crippen molar-refractivity contribution < 1.29 is 28.9 Å². The van der Waals surface area contributed by atoms with Gasteiger partial charge in [0, 0.05) is 30.3 Å². The summed E-state index contributed by atoms with van der Waals surface area (Å²) in [6.45, 7) is 1.63. The van der Waals surface area contributed by atoms with Crippen LogP contribution in [-0.2, 0) is 22.5 Å². The van der Waals surface area contributed by atoms with Gasteiger partial charge in [0.2, 0.25) is 0 Å². The molecule has 0 aromatic heterocycles. The standard InChI is InChI=1S/C20H20B2N2O6/c25-19(12-1-3-14-10-29-21(27)17(14)7-12)23-16-5-6-24(9-16)20(26)13-2-4-15-11-30-22(28)18(15)8-13/h1-4,7-8,16,27-28H,5-6,9-11H2,(H,23,25)/t16-/m1/s1. The first-order chi connectivity index (χ1) is 14.5. The van der Waals surface area contributed by atoms with Crippen molar-refractivity contribution in [3.63, 3.8) is 0 Å². The molecule has 3 N–H and O–H groups in total. The molecule has 5 rings (SSSR count). The summed E-state index contributed by atoms with van der Waals surface area (Å²) in [7, 11) is -1.99. The third-order valence-electron chi connectivity index (χ3n) is 5.94. The maximum Gasteiger partial charge on any atom is 0.491 e. The van der Waals surface area contributed by atoms with Crippen LogP contribution in [0.15, 0.2) is 36.4 Å². The lowest BCUT2D eigenvalue weighted by Crippen LogP contribution is -2.39. The van der Waals surface area contributed by atoms with Gasteiger partial charge in [0.25, 0.3) is 11.8 Å². The van der Waals surface area contributed by atoms with E-state index >= 15 is 0 Å². The van der Waals surface area contributed by atoms with Crippen molar-refractivity contribution >= 4 is 37.0 Å². The van der Waals surface area contributed by atoms with Crippen LogP contribution in [0.2, 0.25) is 0 Å². The highest BCUT2D eigenvalue weighted by molar-refractivity contribution is 6.62. The predicted octanol–water partition coefficient (Wildman–Crippen LogP) is -1.23. The Morgan fingerprint density at radius 1 is 0.967 bits per heavy atom. The highest BCUT2D eigenvalue weighted by Crippen LogP contribution is 2.17. The van der Waals surface area contributed by atoms with Crippen molar-refractivity contribution in [1.29, 1.82) is 0 Å². The zero-order valence-electron chi connectivity index (χ0n) is 16.2. The molecule has 10 heteroatoms. The topological polar surface area (TPSA) is 108 Å².